The molecular weight excluding hydrogens is 182 g/mol. The molecule has 0 bridgehead atoms. The first-order chi connectivity index (χ1) is 6.78. The molecule has 2 rings (SSSR count). The number of aromatic nitrogens is 2. The van der Waals surface area contributed by atoms with E-state index in [-0.39, 0.29) is 12.1 Å². The molecule has 5 nitrogen and oxygen atoms in total. The zero-order valence-corrected chi connectivity index (χ0v) is 8.06. The molecule has 1 aromatic heterocycles. The van der Waals surface area contributed by atoms with Gasteiger partial charge in [0.25, 0.3) is 0 Å². The Labute approximate surface area is 82.3 Å². The number of hydrogen-bond acceptors (Lipinski definition) is 5. The van der Waals surface area contributed by atoms with Gasteiger partial charge in [0, 0.05) is 0 Å². The molecule has 1 saturated carbocycles. The van der Waals surface area contributed by atoms with E-state index in [0.29, 0.717) is 11.8 Å². The average Bonchev–Trinajstić information content (AvgIpc) is 2.10. The number of nitrogen functional groups attached to an aromatic ring is 1. The normalized spacial score (nSPS) is 16.1. The average molecular weight is 195 g/mol. The van der Waals surface area contributed by atoms with Crippen LogP contribution in [0.4, 0.5) is 5.95 Å². The maximum atomic E-state index is 5.56. The minimum atomic E-state index is 0.179. The Morgan fingerprint density at radius 1 is 1.36 bits per heavy atom. The van der Waals surface area contributed by atoms with E-state index < -0.39 is 0 Å². The quantitative estimate of drug-likeness (QED) is 0.779. The summed E-state index contributed by atoms with van der Waals surface area (Å²) in [5.74, 6) is 1.12. The standard InChI is InChI=1S/C9H13N3O2/c1-13-7-5-8(12-9(10)11-7)14-6-3-2-4-6/h5-6H,2-4H2,1H3,(H2,10,11,12). The number of nitrogens with two attached hydrogens (primary N) is 1. The molecule has 0 aromatic carbocycles. The van der Waals surface area contributed by atoms with E-state index in [9.17, 15) is 0 Å². The highest BCUT2D eigenvalue weighted by atomic mass is 16.5. The second-order valence-electron chi connectivity index (χ2n) is 3.28. The minimum Gasteiger partial charge on any atom is -0.481 e. The van der Waals surface area contributed by atoms with Gasteiger partial charge in [-0.25, -0.2) is 0 Å². The van der Waals surface area contributed by atoms with Gasteiger partial charge in [0.15, 0.2) is 0 Å². The summed E-state index contributed by atoms with van der Waals surface area (Å²) >= 11 is 0. The van der Waals surface area contributed by atoms with Crippen molar-refractivity contribution < 1.29 is 9.47 Å². The van der Waals surface area contributed by atoms with E-state index in [1.807, 2.05) is 0 Å². The molecule has 76 valence electrons. The summed E-state index contributed by atoms with van der Waals surface area (Å²) in [5, 5.41) is 0. The van der Waals surface area contributed by atoms with Gasteiger partial charge in [-0.05, 0) is 19.3 Å². The van der Waals surface area contributed by atoms with E-state index in [0.717, 1.165) is 12.8 Å². The zero-order chi connectivity index (χ0) is 9.97. The number of rotatable bonds is 3. The predicted octanol–water partition coefficient (Wildman–Crippen LogP) is 0.999. The molecule has 5 heteroatoms. The van der Waals surface area contributed by atoms with Crippen molar-refractivity contribution >= 4 is 5.95 Å². The second kappa shape index (κ2) is 3.69. The predicted molar refractivity (Wildman–Crippen MR) is 51.3 cm³/mol. The second-order valence-corrected chi connectivity index (χ2v) is 3.28. The first-order valence-corrected chi connectivity index (χ1v) is 4.63. The molecule has 0 saturated heterocycles. The van der Waals surface area contributed by atoms with Crippen molar-refractivity contribution in [2.24, 2.45) is 0 Å². The highest BCUT2D eigenvalue weighted by Crippen LogP contribution is 2.25. The first kappa shape index (κ1) is 9.05. The Hall–Kier alpha value is -1.52. The SMILES string of the molecule is COc1cc(OC2CCC2)nc(N)n1. The van der Waals surface area contributed by atoms with Crippen molar-refractivity contribution in [1.29, 1.82) is 0 Å². The lowest BCUT2D eigenvalue weighted by Gasteiger charge is -2.25. The first-order valence-electron chi connectivity index (χ1n) is 4.63. The highest BCUT2D eigenvalue weighted by molar-refractivity contribution is 5.29. The molecule has 0 amide bonds. The van der Waals surface area contributed by atoms with E-state index in [1.165, 1.54) is 13.5 Å². The molecule has 1 aliphatic rings. The Kier molecular flexibility index (Phi) is 2.39. The summed E-state index contributed by atoms with van der Waals surface area (Å²) in [7, 11) is 1.54. The fourth-order valence-corrected chi connectivity index (χ4v) is 1.25. The van der Waals surface area contributed by atoms with Crippen LogP contribution in [0.25, 0.3) is 0 Å². The van der Waals surface area contributed by atoms with Gasteiger partial charge < -0.3 is 15.2 Å². The Bertz CT molecular complexity index is 326. The van der Waals surface area contributed by atoms with E-state index in [4.69, 9.17) is 15.2 Å². The van der Waals surface area contributed by atoms with Crippen molar-refractivity contribution in [2.75, 3.05) is 12.8 Å². The zero-order valence-electron chi connectivity index (χ0n) is 8.06. The van der Waals surface area contributed by atoms with Crippen molar-refractivity contribution in [2.45, 2.75) is 25.4 Å². The van der Waals surface area contributed by atoms with E-state index in [2.05, 4.69) is 9.97 Å². The fourth-order valence-electron chi connectivity index (χ4n) is 1.25. The van der Waals surface area contributed by atoms with E-state index in [1.54, 1.807) is 6.07 Å². The van der Waals surface area contributed by atoms with Crippen LogP contribution in [0.15, 0.2) is 6.07 Å². The largest absolute Gasteiger partial charge is 0.481 e. The Balaban J connectivity index is 2.11. The summed E-state index contributed by atoms with van der Waals surface area (Å²) in [5.41, 5.74) is 5.49. The molecule has 0 aliphatic heterocycles. The maximum Gasteiger partial charge on any atom is 0.226 e. The van der Waals surface area contributed by atoms with Crippen molar-refractivity contribution in [3.63, 3.8) is 0 Å². The van der Waals surface area contributed by atoms with Crippen LogP contribution in [0.2, 0.25) is 0 Å². The van der Waals surface area contributed by atoms with Crippen molar-refractivity contribution in [3.8, 4) is 11.8 Å². The summed E-state index contributed by atoms with van der Waals surface area (Å²) in [6.07, 6.45) is 3.69. The maximum absolute atomic E-state index is 5.56. The summed E-state index contributed by atoms with van der Waals surface area (Å²) in [4.78, 5) is 7.84. The summed E-state index contributed by atoms with van der Waals surface area (Å²) in [6.45, 7) is 0. The lowest BCUT2D eigenvalue weighted by Crippen LogP contribution is -2.25. The number of nitrogens with zero attached hydrogens (tertiary/aromatic N) is 2. The number of anilines is 1. The van der Waals surface area contributed by atoms with Gasteiger partial charge >= 0.3 is 0 Å². The Morgan fingerprint density at radius 3 is 2.64 bits per heavy atom. The van der Waals surface area contributed by atoms with Crippen molar-refractivity contribution in [3.05, 3.63) is 6.07 Å². The van der Waals surface area contributed by atoms with Crippen LogP contribution in [0, 0.1) is 0 Å². The van der Waals surface area contributed by atoms with Gasteiger partial charge in [0.1, 0.15) is 6.10 Å². The minimum absolute atomic E-state index is 0.179. The van der Waals surface area contributed by atoms with Crippen LogP contribution in [0.3, 0.4) is 0 Å². The fraction of sp³-hybridized carbons (Fsp3) is 0.556. The van der Waals surface area contributed by atoms with Crippen LogP contribution < -0.4 is 15.2 Å². The topological polar surface area (TPSA) is 70.3 Å². The van der Waals surface area contributed by atoms with Gasteiger partial charge in [-0.3, -0.25) is 0 Å². The third kappa shape index (κ3) is 1.86. The molecule has 1 heterocycles. The van der Waals surface area contributed by atoms with Crippen molar-refractivity contribution in [1.82, 2.24) is 9.97 Å². The Morgan fingerprint density at radius 2 is 2.07 bits per heavy atom. The molecule has 1 aromatic rings. The van der Waals surface area contributed by atoms with Crippen LogP contribution in [0.5, 0.6) is 11.8 Å². The van der Waals surface area contributed by atoms with Gasteiger partial charge in [-0.1, -0.05) is 0 Å². The molecule has 0 atom stereocenters. The lowest BCUT2D eigenvalue weighted by molar-refractivity contribution is 0.114. The highest BCUT2D eigenvalue weighted by Gasteiger charge is 2.20. The molecule has 2 N–H and O–H groups in total. The number of methoxy groups -OCH3 is 1. The molecule has 0 spiro atoms. The molecular formula is C9H13N3O2. The van der Waals surface area contributed by atoms with Gasteiger partial charge in [-0.2, -0.15) is 9.97 Å². The smallest absolute Gasteiger partial charge is 0.226 e. The molecule has 0 unspecified atom stereocenters. The van der Waals surface area contributed by atoms with Gasteiger partial charge in [0.2, 0.25) is 17.7 Å². The monoisotopic (exact) mass is 195 g/mol. The lowest BCUT2D eigenvalue weighted by atomic mass is 9.96. The number of hydrogen-bond donors (Lipinski definition) is 1. The molecule has 14 heavy (non-hydrogen) atoms. The van der Waals surface area contributed by atoms with Gasteiger partial charge in [-0.15, -0.1) is 0 Å². The van der Waals surface area contributed by atoms with Crippen LogP contribution in [-0.4, -0.2) is 23.2 Å². The third-order valence-electron chi connectivity index (χ3n) is 2.25. The number of ether oxygens (including phenoxy) is 2. The van der Waals surface area contributed by atoms with E-state index >= 15 is 0 Å². The van der Waals surface area contributed by atoms with Crippen LogP contribution in [-0.2, 0) is 0 Å². The molecule has 1 aliphatic carbocycles. The third-order valence-corrected chi connectivity index (χ3v) is 2.25. The van der Waals surface area contributed by atoms with Crippen LogP contribution >= 0.6 is 0 Å². The summed E-state index contributed by atoms with van der Waals surface area (Å²) < 4.78 is 10.5. The van der Waals surface area contributed by atoms with Gasteiger partial charge in [0.05, 0.1) is 13.2 Å². The summed E-state index contributed by atoms with van der Waals surface area (Å²) in [6, 6.07) is 1.65. The molecule has 1 fully saturated rings. The molecule has 0 radical (unpaired) electrons. The van der Waals surface area contributed by atoms with Crippen LogP contribution in [0.1, 0.15) is 19.3 Å².